The fourth-order valence-electron chi connectivity index (χ4n) is 2.13. The largest absolute Gasteiger partial charge is 0.481 e. The summed E-state index contributed by atoms with van der Waals surface area (Å²) in [6, 6.07) is 7.14. The molecule has 1 amide bonds. The van der Waals surface area contributed by atoms with Gasteiger partial charge in [0.25, 0.3) is 0 Å². The van der Waals surface area contributed by atoms with Crippen LogP contribution < -0.4 is 5.73 Å². The van der Waals surface area contributed by atoms with Crippen molar-refractivity contribution in [2.24, 2.45) is 5.73 Å². The number of carbonyl (C=O) groups excluding carboxylic acids is 1. The van der Waals surface area contributed by atoms with Gasteiger partial charge in [-0.25, -0.2) is 0 Å². The molecule has 5 nitrogen and oxygen atoms in total. The normalized spacial score (nSPS) is 15.3. The van der Waals surface area contributed by atoms with E-state index in [2.05, 4.69) is 0 Å². The topological polar surface area (TPSA) is 83.6 Å². The lowest BCUT2D eigenvalue weighted by Crippen LogP contribution is -2.41. The monoisotopic (exact) mass is 248 g/mol. The van der Waals surface area contributed by atoms with Gasteiger partial charge < -0.3 is 15.7 Å². The van der Waals surface area contributed by atoms with Crippen molar-refractivity contribution in [3.63, 3.8) is 0 Å². The number of fused-ring (bicyclic) bond motifs is 1. The second-order valence-corrected chi connectivity index (χ2v) is 4.50. The lowest BCUT2D eigenvalue weighted by Gasteiger charge is -2.19. The van der Waals surface area contributed by atoms with Crippen molar-refractivity contribution in [1.29, 1.82) is 0 Å². The molecule has 0 spiro atoms. The van der Waals surface area contributed by atoms with Crippen LogP contribution in [0.15, 0.2) is 24.3 Å². The van der Waals surface area contributed by atoms with Crippen LogP contribution in [0.1, 0.15) is 24.0 Å². The van der Waals surface area contributed by atoms with Crippen LogP contribution in [0.3, 0.4) is 0 Å². The van der Waals surface area contributed by atoms with E-state index in [1.54, 1.807) is 4.90 Å². The molecular formula is C13H16N2O3. The van der Waals surface area contributed by atoms with Crippen LogP contribution in [0, 0.1) is 0 Å². The molecule has 1 aromatic rings. The predicted molar refractivity (Wildman–Crippen MR) is 65.5 cm³/mol. The summed E-state index contributed by atoms with van der Waals surface area (Å²) >= 11 is 0. The number of hydrogen-bond donors (Lipinski definition) is 2. The van der Waals surface area contributed by atoms with E-state index in [4.69, 9.17) is 10.8 Å². The number of carbonyl (C=O) groups is 2. The number of nitrogens with two attached hydrogens (primary N) is 1. The second kappa shape index (κ2) is 5.18. The maximum atomic E-state index is 12.0. The van der Waals surface area contributed by atoms with Crippen LogP contribution in [0.25, 0.3) is 0 Å². The second-order valence-electron chi connectivity index (χ2n) is 4.50. The van der Waals surface area contributed by atoms with Crippen molar-refractivity contribution in [3.8, 4) is 0 Å². The first kappa shape index (κ1) is 12.6. The molecule has 0 fully saturated rings. The van der Waals surface area contributed by atoms with Gasteiger partial charge in [0, 0.05) is 19.5 Å². The molecule has 1 aliphatic rings. The van der Waals surface area contributed by atoms with Crippen LogP contribution in [0.4, 0.5) is 0 Å². The van der Waals surface area contributed by atoms with Crippen LogP contribution in [-0.4, -0.2) is 27.9 Å². The number of nitrogens with zero attached hydrogens (tertiary/aromatic N) is 1. The van der Waals surface area contributed by atoms with Crippen molar-refractivity contribution in [2.75, 3.05) is 0 Å². The van der Waals surface area contributed by atoms with Gasteiger partial charge in [-0.1, -0.05) is 24.3 Å². The van der Waals surface area contributed by atoms with E-state index in [-0.39, 0.29) is 18.7 Å². The van der Waals surface area contributed by atoms with Gasteiger partial charge in [-0.2, -0.15) is 0 Å². The SMILES string of the molecule is NC(CCC(=O)O)C(=O)N1Cc2ccccc2C1. The zero-order valence-electron chi connectivity index (χ0n) is 10.0. The van der Waals surface area contributed by atoms with E-state index in [1.165, 1.54) is 0 Å². The molecule has 0 saturated heterocycles. The summed E-state index contributed by atoms with van der Waals surface area (Å²) in [6.45, 7) is 1.13. The first-order valence-electron chi connectivity index (χ1n) is 5.91. The lowest BCUT2D eigenvalue weighted by molar-refractivity contribution is -0.137. The first-order valence-corrected chi connectivity index (χ1v) is 5.91. The Morgan fingerprint density at radius 1 is 1.28 bits per heavy atom. The molecule has 18 heavy (non-hydrogen) atoms. The molecule has 0 aromatic heterocycles. The molecule has 1 aromatic carbocycles. The summed E-state index contributed by atoms with van der Waals surface area (Å²) in [5.41, 5.74) is 8.00. The summed E-state index contributed by atoms with van der Waals surface area (Å²) in [5.74, 6) is -1.10. The Labute approximate surface area is 105 Å². The zero-order chi connectivity index (χ0) is 13.1. The van der Waals surface area contributed by atoms with Crippen LogP contribution >= 0.6 is 0 Å². The highest BCUT2D eigenvalue weighted by Gasteiger charge is 2.26. The Morgan fingerprint density at radius 3 is 2.33 bits per heavy atom. The van der Waals surface area contributed by atoms with Crippen molar-refractivity contribution < 1.29 is 14.7 Å². The molecule has 5 heteroatoms. The van der Waals surface area contributed by atoms with E-state index in [1.807, 2.05) is 24.3 Å². The van der Waals surface area contributed by atoms with E-state index in [9.17, 15) is 9.59 Å². The molecule has 0 saturated carbocycles. The molecular weight excluding hydrogens is 232 g/mol. The van der Waals surface area contributed by atoms with Crippen LogP contribution in [0.5, 0.6) is 0 Å². The molecule has 1 unspecified atom stereocenters. The quantitative estimate of drug-likeness (QED) is 0.822. The summed E-state index contributed by atoms with van der Waals surface area (Å²) in [5, 5.41) is 8.57. The van der Waals surface area contributed by atoms with E-state index >= 15 is 0 Å². The fraction of sp³-hybridized carbons (Fsp3) is 0.385. The van der Waals surface area contributed by atoms with Crippen molar-refractivity contribution >= 4 is 11.9 Å². The zero-order valence-corrected chi connectivity index (χ0v) is 10.0. The highest BCUT2D eigenvalue weighted by molar-refractivity contribution is 5.82. The maximum Gasteiger partial charge on any atom is 0.303 e. The standard InChI is InChI=1S/C13H16N2O3/c14-11(5-6-12(16)17)13(18)15-7-9-3-1-2-4-10(9)8-15/h1-4,11H,5-8,14H2,(H,16,17). The fourth-order valence-corrected chi connectivity index (χ4v) is 2.13. The third-order valence-corrected chi connectivity index (χ3v) is 3.14. The van der Waals surface area contributed by atoms with Gasteiger partial charge in [0.2, 0.25) is 5.91 Å². The number of aliphatic carboxylic acids is 1. The minimum absolute atomic E-state index is 0.0757. The third-order valence-electron chi connectivity index (χ3n) is 3.14. The smallest absolute Gasteiger partial charge is 0.303 e. The van der Waals surface area contributed by atoms with Crippen molar-refractivity contribution in [2.45, 2.75) is 32.0 Å². The molecule has 1 atom stereocenters. The Balaban J connectivity index is 1.94. The molecule has 0 bridgehead atoms. The van der Waals surface area contributed by atoms with Crippen LogP contribution in [-0.2, 0) is 22.7 Å². The molecule has 0 aliphatic carbocycles. The van der Waals surface area contributed by atoms with E-state index in [0.29, 0.717) is 13.1 Å². The van der Waals surface area contributed by atoms with Gasteiger partial charge in [-0.15, -0.1) is 0 Å². The minimum Gasteiger partial charge on any atom is -0.481 e. The van der Waals surface area contributed by atoms with Gasteiger partial charge in [0.05, 0.1) is 6.04 Å². The number of carboxylic acids is 1. The predicted octanol–water partition coefficient (Wildman–Crippen LogP) is 0.721. The third kappa shape index (κ3) is 2.68. The highest BCUT2D eigenvalue weighted by Crippen LogP contribution is 2.22. The summed E-state index contributed by atoms with van der Waals surface area (Å²) in [7, 11) is 0. The Morgan fingerprint density at radius 2 is 1.83 bits per heavy atom. The number of amides is 1. The van der Waals surface area contributed by atoms with Crippen molar-refractivity contribution in [1.82, 2.24) is 4.90 Å². The van der Waals surface area contributed by atoms with Gasteiger partial charge >= 0.3 is 5.97 Å². The minimum atomic E-state index is -0.928. The molecule has 96 valence electrons. The molecule has 3 N–H and O–H groups in total. The summed E-state index contributed by atoms with van der Waals surface area (Å²) < 4.78 is 0. The lowest BCUT2D eigenvalue weighted by atomic mass is 10.1. The number of hydrogen-bond acceptors (Lipinski definition) is 3. The average molecular weight is 248 g/mol. The van der Waals surface area contributed by atoms with Crippen molar-refractivity contribution in [3.05, 3.63) is 35.4 Å². The average Bonchev–Trinajstić information content (AvgIpc) is 2.78. The Kier molecular flexibility index (Phi) is 3.62. The van der Waals surface area contributed by atoms with Crippen LogP contribution in [0.2, 0.25) is 0 Å². The first-order chi connectivity index (χ1) is 8.58. The molecule has 2 rings (SSSR count). The maximum absolute atomic E-state index is 12.0. The Bertz CT molecular complexity index is 448. The van der Waals surface area contributed by atoms with Gasteiger partial charge in [-0.3, -0.25) is 9.59 Å². The van der Waals surface area contributed by atoms with E-state index < -0.39 is 12.0 Å². The number of rotatable bonds is 4. The number of benzene rings is 1. The molecule has 1 heterocycles. The van der Waals surface area contributed by atoms with Gasteiger partial charge in [0.1, 0.15) is 0 Å². The van der Waals surface area contributed by atoms with Gasteiger partial charge in [-0.05, 0) is 17.5 Å². The Hall–Kier alpha value is -1.88. The summed E-state index contributed by atoms with van der Waals surface area (Å²) in [6.07, 6.45) is 0.106. The number of carboxylic acid groups (broad SMARTS) is 1. The van der Waals surface area contributed by atoms with Gasteiger partial charge in [0.15, 0.2) is 0 Å². The molecule has 0 radical (unpaired) electrons. The van der Waals surface area contributed by atoms with E-state index in [0.717, 1.165) is 11.1 Å². The summed E-state index contributed by atoms with van der Waals surface area (Å²) in [4.78, 5) is 24.2. The molecule has 1 aliphatic heterocycles. The highest BCUT2D eigenvalue weighted by atomic mass is 16.4.